The Bertz CT molecular complexity index is 1400. The molecule has 0 bridgehead atoms. The second-order valence-electron chi connectivity index (χ2n) is 9.54. The number of halogens is 2. The van der Waals surface area contributed by atoms with Gasteiger partial charge in [-0.2, -0.15) is 0 Å². The van der Waals surface area contributed by atoms with Crippen molar-refractivity contribution in [2.75, 3.05) is 0 Å². The molecular formula is C29H28F2N2O2. The lowest BCUT2D eigenvalue weighted by atomic mass is 9.76. The minimum atomic E-state index is -1.05. The summed E-state index contributed by atoms with van der Waals surface area (Å²) in [6.45, 7) is 1.92. The van der Waals surface area contributed by atoms with Crippen molar-refractivity contribution in [1.29, 1.82) is 0 Å². The molecule has 1 aliphatic rings. The number of aryl methyl sites for hydroxylation is 1. The molecule has 0 aliphatic heterocycles. The van der Waals surface area contributed by atoms with E-state index in [4.69, 9.17) is 10.5 Å². The molecule has 0 amide bonds. The molecule has 0 unspecified atom stereocenters. The quantitative estimate of drug-likeness (QED) is 0.380. The predicted molar refractivity (Wildman–Crippen MR) is 134 cm³/mol. The molecule has 3 N–H and O–H groups in total. The lowest BCUT2D eigenvalue weighted by molar-refractivity contribution is 0.114. The van der Waals surface area contributed by atoms with Crippen LogP contribution in [0.25, 0.3) is 10.8 Å². The first-order chi connectivity index (χ1) is 16.8. The van der Waals surface area contributed by atoms with Crippen molar-refractivity contribution in [2.24, 2.45) is 5.73 Å². The Balaban J connectivity index is 1.39. The number of pyridine rings is 1. The molecule has 0 atom stereocenters. The number of benzene rings is 3. The van der Waals surface area contributed by atoms with Gasteiger partial charge in [-0.15, -0.1) is 0 Å². The minimum Gasteiger partial charge on any atom is -0.490 e. The lowest BCUT2D eigenvalue weighted by Crippen LogP contribution is -2.44. The fourth-order valence-corrected chi connectivity index (χ4v) is 5.17. The topological polar surface area (TPSA) is 68.1 Å². The Labute approximate surface area is 202 Å². The van der Waals surface area contributed by atoms with Crippen LogP contribution in [0.5, 0.6) is 5.75 Å². The molecule has 1 saturated carbocycles. The molecule has 1 fully saturated rings. The van der Waals surface area contributed by atoms with E-state index in [0.29, 0.717) is 43.2 Å². The van der Waals surface area contributed by atoms with Crippen LogP contribution in [0.2, 0.25) is 0 Å². The molecule has 0 radical (unpaired) electrons. The Morgan fingerprint density at radius 3 is 2.37 bits per heavy atom. The van der Waals surface area contributed by atoms with Gasteiger partial charge in [0.1, 0.15) is 17.4 Å². The average molecular weight is 475 g/mol. The summed E-state index contributed by atoms with van der Waals surface area (Å²) in [6.07, 6.45) is 4.31. The lowest BCUT2D eigenvalue weighted by Gasteiger charge is -2.38. The van der Waals surface area contributed by atoms with Crippen LogP contribution in [0.1, 0.15) is 47.9 Å². The third-order valence-corrected chi connectivity index (χ3v) is 7.10. The van der Waals surface area contributed by atoms with Gasteiger partial charge in [-0.25, -0.2) is 8.78 Å². The third kappa shape index (κ3) is 4.58. The molecule has 6 heteroatoms. The van der Waals surface area contributed by atoms with Gasteiger partial charge in [-0.1, -0.05) is 36.4 Å². The number of aromatic nitrogens is 1. The SMILES string of the molecule is Cc1cc2c(=O)[nH]cc(Cc3ccccc3)c2cc1O[C@H]1CC[C@](N)(c2c(F)cccc2F)CC1. The van der Waals surface area contributed by atoms with E-state index in [1.54, 1.807) is 6.20 Å². The van der Waals surface area contributed by atoms with Gasteiger partial charge >= 0.3 is 0 Å². The van der Waals surface area contributed by atoms with Gasteiger partial charge in [0.15, 0.2) is 0 Å². The maximum absolute atomic E-state index is 14.4. The van der Waals surface area contributed by atoms with Crippen LogP contribution < -0.4 is 16.0 Å². The second-order valence-corrected chi connectivity index (χ2v) is 9.54. The monoisotopic (exact) mass is 474 g/mol. The molecule has 1 heterocycles. The number of ether oxygens (including phenoxy) is 1. The summed E-state index contributed by atoms with van der Waals surface area (Å²) in [5.41, 5.74) is 8.28. The number of H-pyrrole nitrogens is 1. The maximum Gasteiger partial charge on any atom is 0.255 e. The van der Waals surface area contributed by atoms with Gasteiger partial charge in [-0.3, -0.25) is 4.79 Å². The standard InChI is InChI=1S/C29H28F2N2O2/c1-18-14-23-22(20(17-33-28(23)34)15-19-6-3-2-4-7-19)16-26(18)35-21-10-12-29(32,13-11-21)27-24(30)8-5-9-25(27)31/h2-9,14,16-17,21H,10-13,15,32H2,1H3,(H,33,34)/t21-,29+. The summed E-state index contributed by atoms with van der Waals surface area (Å²) in [7, 11) is 0. The highest BCUT2D eigenvalue weighted by atomic mass is 19.1. The molecule has 180 valence electrons. The fourth-order valence-electron chi connectivity index (χ4n) is 5.17. The Hall–Kier alpha value is -3.51. The Morgan fingerprint density at radius 1 is 1.00 bits per heavy atom. The number of hydrogen-bond acceptors (Lipinski definition) is 3. The van der Waals surface area contributed by atoms with Gasteiger partial charge in [0.05, 0.1) is 6.10 Å². The molecule has 4 aromatic rings. The summed E-state index contributed by atoms with van der Waals surface area (Å²) in [4.78, 5) is 15.4. The molecule has 5 rings (SSSR count). The fraction of sp³-hybridized carbons (Fsp3) is 0.276. The molecule has 0 saturated heterocycles. The largest absolute Gasteiger partial charge is 0.490 e. The molecular weight excluding hydrogens is 446 g/mol. The first kappa shape index (κ1) is 23.2. The van der Waals surface area contributed by atoms with E-state index in [1.807, 2.05) is 37.3 Å². The molecule has 0 spiro atoms. The number of nitrogens with two attached hydrogens (primary N) is 1. The van der Waals surface area contributed by atoms with Crippen LogP contribution in [0.4, 0.5) is 8.78 Å². The van der Waals surface area contributed by atoms with Crippen molar-refractivity contribution in [3.8, 4) is 5.75 Å². The molecule has 1 aromatic heterocycles. The zero-order valence-electron chi connectivity index (χ0n) is 19.6. The van der Waals surface area contributed by atoms with Crippen molar-refractivity contribution in [3.05, 3.63) is 111 Å². The number of rotatable bonds is 5. The highest BCUT2D eigenvalue weighted by Gasteiger charge is 2.38. The van der Waals surface area contributed by atoms with Crippen LogP contribution in [0.3, 0.4) is 0 Å². The summed E-state index contributed by atoms with van der Waals surface area (Å²) in [5.74, 6) is -0.495. The van der Waals surface area contributed by atoms with E-state index in [2.05, 4.69) is 17.1 Å². The van der Waals surface area contributed by atoms with E-state index in [-0.39, 0.29) is 17.2 Å². The van der Waals surface area contributed by atoms with Crippen LogP contribution in [0.15, 0.2) is 71.7 Å². The Morgan fingerprint density at radius 2 is 1.69 bits per heavy atom. The van der Waals surface area contributed by atoms with E-state index >= 15 is 0 Å². The van der Waals surface area contributed by atoms with Gasteiger partial charge < -0.3 is 15.5 Å². The van der Waals surface area contributed by atoms with Crippen LogP contribution in [-0.4, -0.2) is 11.1 Å². The summed E-state index contributed by atoms with van der Waals surface area (Å²) in [6, 6.07) is 17.7. The number of aromatic amines is 1. The highest BCUT2D eigenvalue weighted by Crippen LogP contribution is 2.39. The minimum absolute atomic E-state index is 0.0369. The first-order valence-corrected chi connectivity index (χ1v) is 11.9. The van der Waals surface area contributed by atoms with Crippen molar-refractivity contribution in [2.45, 2.75) is 50.7 Å². The smallest absolute Gasteiger partial charge is 0.255 e. The van der Waals surface area contributed by atoms with Crippen LogP contribution in [0, 0.1) is 18.6 Å². The zero-order valence-corrected chi connectivity index (χ0v) is 19.6. The van der Waals surface area contributed by atoms with Crippen LogP contribution >= 0.6 is 0 Å². The van der Waals surface area contributed by atoms with Gasteiger partial charge in [0.25, 0.3) is 5.56 Å². The zero-order chi connectivity index (χ0) is 24.6. The predicted octanol–water partition coefficient (Wildman–Crippen LogP) is 5.88. The van der Waals surface area contributed by atoms with Crippen molar-refractivity contribution in [1.82, 2.24) is 4.98 Å². The number of fused-ring (bicyclic) bond motifs is 1. The molecule has 1 aliphatic carbocycles. The summed E-state index contributed by atoms with van der Waals surface area (Å²) >= 11 is 0. The maximum atomic E-state index is 14.4. The van der Waals surface area contributed by atoms with Gasteiger partial charge in [0, 0.05) is 22.7 Å². The summed E-state index contributed by atoms with van der Waals surface area (Å²) < 4.78 is 35.1. The Kier molecular flexibility index (Phi) is 6.15. The van der Waals surface area contributed by atoms with Crippen molar-refractivity contribution < 1.29 is 13.5 Å². The highest BCUT2D eigenvalue weighted by molar-refractivity contribution is 5.87. The molecule has 3 aromatic carbocycles. The van der Waals surface area contributed by atoms with Crippen molar-refractivity contribution in [3.63, 3.8) is 0 Å². The third-order valence-electron chi connectivity index (χ3n) is 7.10. The first-order valence-electron chi connectivity index (χ1n) is 11.9. The van der Waals surface area contributed by atoms with Crippen LogP contribution in [-0.2, 0) is 12.0 Å². The van der Waals surface area contributed by atoms with E-state index in [9.17, 15) is 13.6 Å². The van der Waals surface area contributed by atoms with Crippen molar-refractivity contribution >= 4 is 10.8 Å². The number of hydrogen-bond donors (Lipinski definition) is 2. The van der Waals surface area contributed by atoms with Gasteiger partial charge in [-0.05, 0) is 85.4 Å². The number of nitrogens with one attached hydrogen (secondary N) is 1. The normalized spacial score (nSPS) is 20.2. The molecule has 4 nitrogen and oxygen atoms in total. The van der Waals surface area contributed by atoms with E-state index in [0.717, 1.165) is 22.1 Å². The van der Waals surface area contributed by atoms with E-state index < -0.39 is 17.2 Å². The second kappa shape index (κ2) is 9.27. The molecule has 35 heavy (non-hydrogen) atoms. The average Bonchev–Trinajstić information content (AvgIpc) is 2.84. The summed E-state index contributed by atoms with van der Waals surface area (Å²) in [5, 5.41) is 1.48. The van der Waals surface area contributed by atoms with E-state index in [1.165, 1.54) is 18.2 Å². The van der Waals surface area contributed by atoms with Gasteiger partial charge in [0.2, 0.25) is 0 Å².